The van der Waals surface area contributed by atoms with Gasteiger partial charge in [-0.05, 0) is 36.6 Å². The molecule has 0 fully saturated rings. The Kier molecular flexibility index (Phi) is 5.54. The van der Waals surface area contributed by atoms with E-state index < -0.39 is 19.8 Å². The molecule has 1 unspecified atom stereocenters. The van der Waals surface area contributed by atoms with Crippen molar-refractivity contribution in [3.05, 3.63) is 71.6 Å². The lowest BCUT2D eigenvalue weighted by atomic mass is 9.98. The molecule has 0 N–H and O–H groups in total. The number of nitrogens with zero attached hydrogens (tertiary/aromatic N) is 1. The molecule has 0 bridgehead atoms. The topological polar surface area (TPSA) is 63.6 Å². The molecule has 25 heavy (non-hydrogen) atoms. The number of rotatable bonds is 4. The van der Waals surface area contributed by atoms with Gasteiger partial charge in [-0.1, -0.05) is 66.5 Å². The maximum Gasteiger partial charge on any atom is 0.290 e. The molecular weight excluding hydrogens is 354 g/mol. The van der Waals surface area contributed by atoms with Crippen molar-refractivity contribution in [3.8, 4) is 0 Å². The monoisotopic (exact) mass is 377 g/mol. The first-order valence-corrected chi connectivity index (χ1v) is 10.9. The van der Waals surface area contributed by atoms with Crippen LogP contribution >= 0.6 is 0 Å². The predicted octanol–water partition coefficient (Wildman–Crippen LogP) is 4.77. The Morgan fingerprint density at radius 2 is 1.40 bits per heavy atom. The molecule has 0 heterocycles. The van der Waals surface area contributed by atoms with Crippen molar-refractivity contribution < 1.29 is 12.6 Å². The third kappa shape index (κ3) is 5.28. The second-order valence-corrected chi connectivity index (χ2v) is 10.8. The normalized spacial score (nSPS) is 15.0. The fourth-order valence-corrected chi connectivity index (χ4v) is 5.79. The highest BCUT2D eigenvalue weighted by Crippen LogP contribution is 2.24. The third-order valence-corrected chi connectivity index (χ3v) is 7.35. The quantitative estimate of drug-likeness (QED) is 0.771. The van der Waals surface area contributed by atoms with Crippen LogP contribution in [0.2, 0.25) is 0 Å². The Morgan fingerprint density at radius 3 is 1.92 bits per heavy atom. The molecule has 4 nitrogen and oxygen atoms in total. The molecule has 2 aromatic carbocycles. The van der Waals surface area contributed by atoms with E-state index in [4.69, 9.17) is 0 Å². The molecule has 0 amide bonds. The van der Waals surface area contributed by atoms with Crippen LogP contribution in [-0.4, -0.2) is 12.6 Å². The molecule has 2 rings (SSSR count). The average molecular weight is 378 g/mol. The molecule has 0 spiro atoms. The minimum atomic E-state index is -4.05. The Bertz CT molecular complexity index is 975. The van der Waals surface area contributed by atoms with Gasteiger partial charge in [-0.15, -0.1) is 0 Å². The second kappa shape index (κ2) is 7.14. The standard InChI is InChI=1S/C19H23NO3S2/c1-16-10-12-18(13-11-16)25(22,23)20-24(21,15-14-19(2,3)4)17-8-6-5-7-9-17/h5-15H,1-4H3/b15-14+. The number of hydrogen-bond donors (Lipinski definition) is 0. The van der Waals surface area contributed by atoms with E-state index in [0.717, 1.165) is 5.56 Å². The maximum atomic E-state index is 13.5. The van der Waals surface area contributed by atoms with E-state index in [1.807, 2.05) is 27.7 Å². The van der Waals surface area contributed by atoms with Gasteiger partial charge in [-0.2, -0.15) is 8.42 Å². The lowest BCUT2D eigenvalue weighted by molar-refractivity contribution is 0.544. The number of hydrogen-bond acceptors (Lipinski definition) is 3. The highest BCUT2D eigenvalue weighted by molar-refractivity contribution is 8.05. The molecule has 2 aromatic rings. The van der Waals surface area contributed by atoms with Crippen molar-refractivity contribution in [3.63, 3.8) is 0 Å². The lowest BCUT2D eigenvalue weighted by Crippen LogP contribution is -2.06. The molecule has 0 aliphatic rings. The van der Waals surface area contributed by atoms with Gasteiger partial charge < -0.3 is 0 Å². The van der Waals surface area contributed by atoms with Crippen LogP contribution in [0.3, 0.4) is 0 Å². The van der Waals surface area contributed by atoms with E-state index in [-0.39, 0.29) is 10.3 Å². The van der Waals surface area contributed by atoms with E-state index in [1.54, 1.807) is 48.5 Å². The number of aryl methyl sites for hydroxylation is 1. The van der Waals surface area contributed by atoms with Crippen molar-refractivity contribution in [2.75, 3.05) is 0 Å². The second-order valence-electron chi connectivity index (χ2n) is 6.91. The van der Waals surface area contributed by atoms with Gasteiger partial charge >= 0.3 is 0 Å². The number of benzene rings is 2. The first-order chi connectivity index (χ1) is 11.5. The van der Waals surface area contributed by atoms with E-state index >= 15 is 0 Å². The summed E-state index contributed by atoms with van der Waals surface area (Å²) in [5.74, 6) is 0. The summed E-state index contributed by atoms with van der Waals surface area (Å²) >= 11 is 0. The molecule has 0 aliphatic carbocycles. The molecule has 134 valence electrons. The molecule has 0 aromatic heterocycles. The van der Waals surface area contributed by atoms with Crippen molar-refractivity contribution >= 4 is 19.8 Å². The van der Waals surface area contributed by atoms with Gasteiger partial charge in [0.2, 0.25) is 0 Å². The Morgan fingerprint density at radius 1 is 0.840 bits per heavy atom. The molecule has 6 heteroatoms. The lowest BCUT2D eigenvalue weighted by Gasteiger charge is -2.13. The van der Waals surface area contributed by atoms with Gasteiger partial charge in [0, 0.05) is 5.41 Å². The van der Waals surface area contributed by atoms with Gasteiger partial charge in [0.05, 0.1) is 9.79 Å². The zero-order valence-corrected chi connectivity index (χ0v) is 16.5. The van der Waals surface area contributed by atoms with Crippen LogP contribution in [0.1, 0.15) is 26.3 Å². The summed E-state index contributed by atoms with van der Waals surface area (Å²) in [5, 5.41) is 1.41. The molecular formula is C19H23NO3S2. The largest absolute Gasteiger partial charge is 0.290 e. The smallest absolute Gasteiger partial charge is 0.239 e. The Labute approximate surface area is 150 Å². The summed E-state index contributed by atoms with van der Waals surface area (Å²) in [4.78, 5) is 0.400. The van der Waals surface area contributed by atoms with Gasteiger partial charge in [-0.25, -0.2) is 4.21 Å². The number of sulfonamides is 1. The van der Waals surface area contributed by atoms with Crippen molar-refractivity contribution in [2.24, 2.45) is 9.18 Å². The van der Waals surface area contributed by atoms with Crippen LogP contribution in [0, 0.1) is 12.3 Å². The maximum absolute atomic E-state index is 13.5. The third-order valence-electron chi connectivity index (χ3n) is 3.36. The molecule has 0 radical (unpaired) electrons. The molecule has 0 saturated heterocycles. The average Bonchev–Trinajstić information content (AvgIpc) is 2.53. The van der Waals surface area contributed by atoms with E-state index in [9.17, 15) is 12.6 Å². The summed E-state index contributed by atoms with van der Waals surface area (Å²) in [5.41, 5.74) is 0.691. The van der Waals surface area contributed by atoms with Crippen LogP contribution in [-0.2, 0) is 19.8 Å². The first kappa shape index (κ1) is 19.4. The Balaban J connectivity index is 2.67. The van der Waals surface area contributed by atoms with Crippen LogP contribution < -0.4 is 0 Å². The SMILES string of the molecule is Cc1ccc(S(=O)(=O)N=S(=O)(/C=C/C(C)(C)C)c2ccccc2)cc1. The zero-order chi connectivity index (χ0) is 18.7. The highest BCUT2D eigenvalue weighted by atomic mass is 32.3. The van der Waals surface area contributed by atoms with Crippen LogP contribution in [0.4, 0.5) is 0 Å². The molecule has 1 atom stereocenters. The summed E-state index contributed by atoms with van der Waals surface area (Å²) in [7, 11) is -7.31. The summed E-state index contributed by atoms with van der Waals surface area (Å²) in [6, 6.07) is 14.8. The highest BCUT2D eigenvalue weighted by Gasteiger charge is 2.19. The van der Waals surface area contributed by atoms with E-state index in [0.29, 0.717) is 4.90 Å². The van der Waals surface area contributed by atoms with Crippen LogP contribution in [0.25, 0.3) is 0 Å². The Hall–Kier alpha value is -1.92. The van der Waals surface area contributed by atoms with Gasteiger partial charge in [0.25, 0.3) is 10.0 Å². The summed E-state index contributed by atoms with van der Waals surface area (Å²) < 4.78 is 42.6. The zero-order valence-electron chi connectivity index (χ0n) is 14.8. The van der Waals surface area contributed by atoms with E-state index in [2.05, 4.69) is 3.77 Å². The summed E-state index contributed by atoms with van der Waals surface area (Å²) in [6.07, 6.45) is 1.73. The number of allylic oxidation sites excluding steroid dienone is 1. The predicted molar refractivity (Wildman–Crippen MR) is 102 cm³/mol. The van der Waals surface area contributed by atoms with Crippen molar-refractivity contribution in [2.45, 2.75) is 37.5 Å². The summed E-state index contributed by atoms with van der Waals surface area (Å²) in [6.45, 7) is 7.71. The van der Waals surface area contributed by atoms with Crippen molar-refractivity contribution in [1.82, 2.24) is 0 Å². The first-order valence-electron chi connectivity index (χ1n) is 7.86. The molecule has 0 aliphatic heterocycles. The molecule has 0 saturated carbocycles. The van der Waals surface area contributed by atoms with Gasteiger partial charge in [0.15, 0.2) is 0 Å². The minimum Gasteiger partial charge on any atom is -0.239 e. The van der Waals surface area contributed by atoms with Crippen LogP contribution in [0.5, 0.6) is 0 Å². The van der Waals surface area contributed by atoms with Crippen molar-refractivity contribution in [1.29, 1.82) is 0 Å². The minimum absolute atomic E-state index is 0.0333. The van der Waals surface area contributed by atoms with Gasteiger partial charge in [-0.3, -0.25) is 0 Å². The van der Waals surface area contributed by atoms with Gasteiger partial charge in [0.1, 0.15) is 9.73 Å². The fraction of sp³-hybridized carbons (Fsp3) is 0.263. The fourth-order valence-electron chi connectivity index (χ4n) is 1.96. The van der Waals surface area contributed by atoms with Crippen LogP contribution in [0.15, 0.2) is 79.6 Å². The van der Waals surface area contributed by atoms with E-state index in [1.165, 1.54) is 17.5 Å².